The van der Waals surface area contributed by atoms with Gasteiger partial charge in [0.15, 0.2) is 11.6 Å². The van der Waals surface area contributed by atoms with Crippen molar-refractivity contribution in [3.8, 4) is 0 Å². The van der Waals surface area contributed by atoms with E-state index in [1.807, 2.05) is 0 Å². The monoisotopic (exact) mass is 2150 g/mol. The lowest BCUT2D eigenvalue weighted by Crippen LogP contribution is -2.35. The maximum Gasteiger partial charge on any atom is 0.286 e. The van der Waals surface area contributed by atoms with Gasteiger partial charge in [-0.3, -0.25) is 47.6 Å². The summed E-state index contributed by atoms with van der Waals surface area (Å²) in [6, 6.07) is 28.6. The minimum Gasteiger partial charge on any atom is -0.396 e. The summed E-state index contributed by atoms with van der Waals surface area (Å²) in [5, 5.41) is 64.7. The van der Waals surface area contributed by atoms with Crippen LogP contribution in [0.4, 0.5) is 59.2 Å². The van der Waals surface area contributed by atoms with E-state index >= 15 is 0 Å². The maximum absolute atomic E-state index is 14.4. The van der Waals surface area contributed by atoms with E-state index in [0.29, 0.717) is 79.3 Å². The van der Waals surface area contributed by atoms with Crippen molar-refractivity contribution in [1.29, 1.82) is 0 Å². The molecule has 0 aliphatic heterocycles. The third-order valence-corrected chi connectivity index (χ3v) is 37.6. The summed E-state index contributed by atoms with van der Waals surface area (Å²) >= 11 is 17.9. The fourth-order valence-corrected chi connectivity index (χ4v) is 25.3. The van der Waals surface area contributed by atoms with Gasteiger partial charge in [0.1, 0.15) is 44.2 Å². The maximum atomic E-state index is 14.4. The zero-order valence-electron chi connectivity index (χ0n) is 79.4. The molecule has 5 aliphatic carbocycles. The smallest absolute Gasteiger partial charge is 0.286 e. The molecule has 10 aromatic rings. The van der Waals surface area contributed by atoms with Crippen LogP contribution in [0.2, 0.25) is 15.1 Å². The van der Waals surface area contributed by atoms with Gasteiger partial charge >= 0.3 is 0 Å². The summed E-state index contributed by atoms with van der Waals surface area (Å²) in [5.41, 5.74) is 2.92. The first kappa shape index (κ1) is 113. The van der Waals surface area contributed by atoms with E-state index in [1.165, 1.54) is 104 Å². The lowest BCUT2D eigenvalue weighted by atomic mass is 10.1. The predicted octanol–water partition coefficient (Wildman–Crippen LogP) is 11.0. The number of hydrogen-bond acceptors (Lipinski definition) is 22. The van der Waals surface area contributed by atoms with E-state index in [4.69, 9.17) is 55.2 Å². The van der Waals surface area contributed by atoms with Gasteiger partial charge in [-0.1, -0.05) is 95.5 Å². The van der Waals surface area contributed by atoms with Gasteiger partial charge in [0.25, 0.3) is 27.8 Å². The summed E-state index contributed by atoms with van der Waals surface area (Å²) in [7, 11) is -12.5. The summed E-state index contributed by atoms with van der Waals surface area (Å²) in [4.78, 5) is 60.9. The molecule has 0 amide bonds. The molecule has 778 valence electrons. The molecule has 5 heterocycles. The fraction of sp³-hybridized carbons (Fsp3) is 0.427. The van der Waals surface area contributed by atoms with Crippen LogP contribution in [0.1, 0.15) is 174 Å². The first-order chi connectivity index (χ1) is 66.8. The number of nitrogens with one attached hydrogen (secondary N) is 5. The van der Waals surface area contributed by atoms with E-state index in [-0.39, 0.29) is 155 Å². The molecule has 5 aliphatic rings. The number of rotatable bonds is 36. The van der Waals surface area contributed by atoms with Crippen LogP contribution in [0.15, 0.2) is 145 Å². The largest absolute Gasteiger partial charge is 0.396 e. The minimum absolute atomic E-state index is 0.0286. The number of aliphatic hydroxyl groups is 7. The molecule has 0 saturated heterocycles. The summed E-state index contributed by atoms with van der Waals surface area (Å²) in [6.07, 6.45) is -0.195. The molecule has 0 bridgehead atoms. The number of benzene rings is 5. The predicted molar refractivity (Wildman–Crippen MR) is 532 cm³/mol. The van der Waals surface area contributed by atoms with Crippen molar-refractivity contribution in [2.75, 3.05) is 50.0 Å². The van der Waals surface area contributed by atoms with Crippen LogP contribution in [0.5, 0.6) is 0 Å². The number of aliphatic hydroxyl groups excluding tert-OH is 7. The molecule has 0 spiro atoms. The first-order valence-corrected chi connectivity index (χ1v) is 53.6. The Bertz CT molecular complexity index is 7060. The molecule has 0 unspecified atom stereocenters. The van der Waals surface area contributed by atoms with E-state index in [0.717, 1.165) is 43.5 Å². The quantitative estimate of drug-likeness (QED) is 0.0162. The fourth-order valence-electron chi connectivity index (χ4n) is 16.3. The Kier molecular flexibility index (Phi) is 35.5. The Morgan fingerprint density at radius 2 is 0.531 bits per heavy atom. The van der Waals surface area contributed by atoms with Gasteiger partial charge in [-0.15, -0.1) is 0 Å². The van der Waals surface area contributed by atoms with Crippen molar-refractivity contribution in [1.82, 2.24) is 22.8 Å². The second-order valence-electron chi connectivity index (χ2n) is 37.0. The van der Waals surface area contributed by atoms with Crippen molar-refractivity contribution >= 4 is 113 Å². The molecule has 0 radical (unpaired) electrons. The van der Waals surface area contributed by atoms with E-state index in [1.54, 1.807) is 89.2 Å². The van der Waals surface area contributed by atoms with Crippen LogP contribution in [0, 0.1) is 75.3 Å². The third-order valence-electron chi connectivity index (χ3n) is 26.0. The number of hydrogen-bond donors (Lipinski definition) is 12. The second kappa shape index (κ2) is 45.0. The number of aryl methyl sites for hydroxylation is 5. The molecule has 32 nitrogen and oxygen atoms in total. The highest BCUT2D eigenvalue weighted by Gasteiger charge is 2.59. The van der Waals surface area contributed by atoms with E-state index in [2.05, 4.69) is 23.6 Å². The number of halogens is 10. The van der Waals surface area contributed by atoms with Crippen LogP contribution < -0.4 is 51.4 Å². The molecular formula is C96H112Cl3F7N10O22S5. The van der Waals surface area contributed by atoms with E-state index < -0.39 is 181 Å². The SMILES string of the molecule is Cc1ccc(Cc2c(NS(=O)(=O)C3(CCO)CC3)cc(F)c(=O)n2C)c(F)c1.Cc1ccc(Cc2c(NS(=O)(=O)C3(C[C@@H](O)CO)CC3)cc(Cl)c(=O)n2C)c(F)c1.Cc1ccc(Cc2c(NS(=O)(=O)C3(C[C@H](O)CO)CC3)cc(Cl)c(=O)n2C)c(F)c1.Cc1ccc(Cc2c(NS(=O)(=O)C3(C[C@H](O)CO)CC3)cc(F)c(=O)n2C)c(F)c1.Cc1ccc(Cc2c(NS(=O)(=O)C3CC3)cc(Cl)c(=O)n2C)c(F)c1. The zero-order chi connectivity index (χ0) is 106. The molecule has 143 heavy (non-hydrogen) atoms. The van der Waals surface area contributed by atoms with Gasteiger partial charge in [0, 0.05) is 115 Å². The number of nitrogens with zero attached hydrogens (tertiary/aromatic N) is 5. The lowest BCUT2D eigenvalue weighted by molar-refractivity contribution is 0.0858. The summed E-state index contributed by atoms with van der Waals surface area (Å²) in [6.45, 7) is 6.78. The van der Waals surface area contributed by atoms with Crippen molar-refractivity contribution in [2.45, 2.75) is 199 Å². The van der Waals surface area contributed by atoms with Gasteiger partial charge in [-0.25, -0.2) is 72.8 Å². The molecule has 15 rings (SSSR count). The Balaban J connectivity index is 0.000000171. The first-order valence-electron chi connectivity index (χ1n) is 45.0. The van der Waals surface area contributed by atoms with Crippen LogP contribution in [0.25, 0.3) is 0 Å². The zero-order valence-corrected chi connectivity index (χ0v) is 85.8. The van der Waals surface area contributed by atoms with E-state index in [9.17, 15) is 112 Å². The molecular weight excluding hydrogens is 2040 g/mol. The van der Waals surface area contributed by atoms with Crippen molar-refractivity contribution < 1.29 is 109 Å². The number of aromatic nitrogens is 5. The van der Waals surface area contributed by atoms with Gasteiger partial charge in [-0.2, -0.15) is 0 Å². The Hall–Kier alpha value is -10.3. The van der Waals surface area contributed by atoms with Crippen molar-refractivity contribution in [3.05, 3.63) is 313 Å². The highest BCUT2D eigenvalue weighted by molar-refractivity contribution is 7.95. The lowest BCUT2D eigenvalue weighted by Gasteiger charge is -2.22. The number of pyridine rings is 5. The van der Waals surface area contributed by atoms with Gasteiger partial charge in [-0.05, 0) is 229 Å². The van der Waals surface area contributed by atoms with Crippen LogP contribution in [-0.2, 0) is 117 Å². The van der Waals surface area contributed by atoms with Crippen LogP contribution in [0.3, 0.4) is 0 Å². The molecule has 47 heteroatoms. The number of sulfonamides is 5. The van der Waals surface area contributed by atoms with Crippen LogP contribution in [-0.4, -0.2) is 170 Å². The number of anilines is 5. The van der Waals surface area contributed by atoms with Crippen molar-refractivity contribution in [2.24, 2.45) is 35.2 Å². The molecule has 12 N–H and O–H groups in total. The standard InChI is InChI=1S/2C20H24ClFN2O5S.C20H24F2N2O5S.C19H22F2N2O4S.C17H18ClFN2O3S/c2*1-12-3-4-13(16(22)7-12)8-18-17(9-15(21)19(27)24(18)2)23-30(28,29)20(5-6-20)10-14(26)11-25;1-12-3-4-13(15(21)7-12)8-18-17(9-16(22)19(27)24(18)2)23-30(28,29)20(5-6-20)10-14(26)11-25;1-12-3-4-13(14(20)9-12)10-17-16(11-15(21)18(25)23(17)2)22-28(26,27)19(5-6-19)7-8-24;1-10-3-4-11(14(19)7-10)8-16-15(9-13(18)17(22)21(16)2)20-25(23,24)12-5-6-12/h3*3-4,7,9,14,23,25-26H,5-6,8,10-11H2,1-2H3;3-4,9,11,22,24H,5-8,10H2,1-2H3;3-4,7,9,12,20H,5-6,8H2,1-2H3/t3*14-;;/m100../s1. The van der Waals surface area contributed by atoms with Crippen LogP contribution >= 0.6 is 34.8 Å². The summed E-state index contributed by atoms with van der Waals surface area (Å²) in [5.74, 6) is -4.61. The highest BCUT2D eigenvalue weighted by Crippen LogP contribution is 2.52. The second-order valence-corrected chi connectivity index (χ2v) is 48.5. The molecule has 5 aromatic carbocycles. The summed E-state index contributed by atoms with van der Waals surface area (Å²) < 4.78 is 241. The molecule has 5 aromatic heterocycles. The minimum atomic E-state index is -4.08. The topological polar surface area (TPSA) is 482 Å². The molecule has 5 saturated carbocycles. The van der Waals surface area contributed by atoms with Gasteiger partial charge < -0.3 is 58.6 Å². The highest BCUT2D eigenvalue weighted by atomic mass is 35.5. The third kappa shape index (κ3) is 26.4. The molecule has 5 fully saturated rings. The average molecular weight is 2160 g/mol. The van der Waals surface area contributed by atoms with Crippen molar-refractivity contribution in [3.63, 3.8) is 0 Å². The average Bonchev–Trinajstić information content (AvgIpc) is 1.60. The normalized spacial score (nSPS) is 15.9. The van der Waals surface area contributed by atoms with Gasteiger partial charge in [0.05, 0.1) is 90.8 Å². The molecule has 3 atom stereocenters. The van der Waals surface area contributed by atoms with Gasteiger partial charge in [0.2, 0.25) is 50.1 Å². The Morgan fingerprint density at radius 3 is 0.734 bits per heavy atom. The Morgan fingerprint density at radius 1 is 0.322 bits per heavy atom. The Labute approximate surface area is 836 Å².